The van der Waals surface area contributed by atoms with E-state index in [1.165, 1.54) is 56.9 Å². The summed E-state index contributed by atoms with van der Waals surface area (Å²) in [6.07, 6.45) is 10.9. The van der Waals surface area contributed by atoms with Gasteiger partial charge in [0.2, 0.25) is 0 Å². The number of alkyl halides is 1. The zero-order chi connectivity index (χ0) is 15.1. The highest BCUT2D eigenvalue weighted by molar-refractivity contribution is 6.30. The molecule has 1 aromatic rings. The Kier molecular flexibility index (Phi) is 6.76. The van der Waals surface area contributed by atoms with Crippen molar-refractivity contribution in [2.75, 3.05) is 5.88 Å². The molecule has 1 aromatic carbocycles. The maximum absolute atomic E-state index is 11.5. The van der Waals surface area contributed by atoms with Crippen LogP contribution in [0.25, 0.3) is 0 Å². The first kappa shape index (κ1) is 16.5. The van der Waals surface area contributed by atoms with E-state index in [0.717, 1.165) is 11.5 Å². The Bertz CT molecular complexity index is 429. The number of carbonyl (C=O) groups is 1. The molecule has 0 heterocycles. The van der Waals surface area contributed by atoms with Crippen molar-refractivity contribution in [2.45, 2.75) is 64.2 Å². The van der Waals surface area contributed by atoms with Crippen molar-refractivity contribution in [2.24, 2.45) is 5.92 Å². The SMILES string of the molecule is CCCCCC1CCC(c2ccc(C(=O)CCl)cc2)CC1. The van der Waals surface area contributed by atoms with Gasteiger partial charge in [-0.2, -0.15) is 0 Å². The molecule has 0 aliphatic heterocycles. The van der Waals surface area contributed by atoms with E-state index in [0.29, 0.717) is 5.92 Å². The topological polar surface area (TPSA) is 17.1 Å². The zero-order valence-electron chi connectivity index (χ0n) is 13.1. The molecule has 0 spiro atoms. The molecule has 1 nitrogen and oxygen atoms in total. The second-order valence-electron chi connectivity index (χ2n) is 6.39. The first-order valence-electron chi connectivity index (χ1n) is 8.43. The Balaban J connectivity index is 1.83. The van der Waals surface area contributed by atoms with Crippen LogP contribution in [0.15, 0.2) is 24.3 Å². The Morgan fingerprint density at radius 3 is 2.33 bits per heavy atom. The molecule has 0 unspecified atom stereocenters. The van der Waals surface area contributed by atoms with Gasteiger partial charge in [0.25, 0.3) is 0 Å². The maximum atomic E-state index is 11.5. The third-order valence-corrected chi connectivity index (χ3v) is 5.13. The first-order chi connectivity index (χ1) is 10.2. The molecule has 1 fully saturated rings. The minimum Gasteiger partial charge on any atom is -0.293 e. The van der Waals surface area contributed by atoms with E-state index in [-0.39, 0.29) is 11.7 Å². The minimum absolute atomic E-state index is 0.0165. The lowest BCUT2D eigenvalue weighted by Crippen LogP contribution is -2.13. The fraction of sp³-hybridized carbons (Fsp3) is 0.632. The fourth-order valence-electron chi connectivity index (χ4n) is 3.49. The number of hydrogen-bond acceptors (Lipinski definition) is 1. The molecule has 0 saturated heterocycles. The molecule has 2 rings (SSSR count). The van der Waals surface area contributed by atoms with E-state index in [9.17, 15) is 4.79 Å². The van der Waals surface area contributed by atoms with Crippen LogP contribution in [0.2, 0.25) is 0 Å². The van der Waals surface area contributed by atoms with Crippen molar-refractivity contribution < 1.29 is 4.79 Å². The lowest BCUT2D eigenvalue weighted by atomic mass is 9.77. The Labute approximate surface area is 134 Å². The summed E-state index contributed by atoms with van der Waals surface area (Å²) in [7, 11) is 0. The van der Waals surface area contributed by atoms with Crippen LogP contribution in [-0.4, -0.2) is 11.7 Å². The number of rotatable bonds is 7. The van der Waals surface area contributed by atoms with Crippen molar-refractivity contribution in [3.63, 3.8) is 0 Å². The van der Waals surface area contributed by atoms with E-state index in [4.69, 9.17) is 11.6 Å². The predicted octanol–water partition coefficient (Wildman–Crippen LogP) is 5.96. The van der Waals surface area contributed by atoms with Gasteiger partial charge in [-0.25, -0.2) is 0 Å². The van der Waals surface area contributed by atoms with Crippen molar-refractivity contribution >= 4 is 17.4 Å². The molecule has 21 heavy (non-hydrogen) atoms. The van der Waals surface area contributed by atoms with Crippen molar-refractivity contribution in [1.29, 1.82) is 0 Å². The second kappa shape index (κ2) is 8.58. The van der Waals surface area contributed by atoms with Gasteiger partial charge in [0.05, 0.1) is 5.88 Å². The lowest BCUT2D eigenvalue weighted by molar-refractivity contribution is 0.102. The number of ketones is 1. The molecule has 0 aromatic heterocycles. The quantitative estimate of drug-likeness (QED) is 0.345. The molecule has 1 saturated carbocycles. The molecule has 2 heteroatoms. The van der Waals surface area contributed by atoms with Crippen LogP contribution >= 0.6 is 11.6 Å². The summed E-state index contributed by atoms with van der Waals surface area (Å²) in [5.41, 5.74) is 2.13. The summed E-state index contributed by atoms with van der Waals surface area (Å²) in [6, 6.07) is 8.13. The van der Waals surface area contributed by atoms with Gasteiger partial charge < -0.3 is 0 Å². The Morgan fingerprint density at radius 1 is 1.10 bits per heavy atom. The molecule has 0 radical (unpaired) electrons. The van der Waals surface area contributed by atoms with Gasteiger partial charge in [0, 0.05) is 5.56 Å². The van der Waals surface area contributed by atoms with Crippen molar-refractivity contribution in [1.82, 2.24) is 0 Å². The lowest BCUT2D eigenvalue weighted by Gasteiger charge is -2.29. The normalized spacial score (nSPS) is 22.2. The van der Waals surface area contributed by atoms with Gasteiger partial charge in [-0.3, -0.25) is 4.79 Å². The number of benzene rings is 1. The zero-order valence-corrected chi connectivity index (χ0v) is 13.9. The second-order valence-corrected chi connectivity index (χ2v) is 6.66. The Morgan fingerprint density at radius 2 is 1.76 bits per heavy atom. The average Bonchev–Trinajstić information content (AvgIpc) is 2.55. The first-order valence-corrected chi connectivity index (χ1v) is 8.97. The molecular weight excluding hydrogens is 280 g/mol. The van der Waals surface area contributed by atoms with Crippen molar-refractivity contribution in [3.8, 4) is 0 Å². The van der Waals surface area contributed by atoms with Crippen molar-refractivity contribution in [3.05, 3.63) is 35.4 Å². The van der Waals surface area contributed by atoms with Gasteiger partial charge in [-0.05, 0) is 43.1 Å². The molecule has 116 valence electrons. The summed E-state index contributed by atoms with van der Waals surface area (Å²) in [4.78, 5) is 11.5. The number of halogens is 1. The highest BCUT2D eigenvalue weighted by Crippen LogP contribution is 2.37. The highest BCUT2D eigenvalue weighted by Gasteiger charge is 2.22. The molecule has 0 N–H and O–H groups in total. The third-order valence-electron chi connectivity index (χ3n) is 4.89. The van der Waals surface area contributed by atoms with Gasteiger partial charge in [-0.15, -0.1) is 11.6 Å². The van der Waals surface area contributed by atoms with E-state index in [2.05, 4.69) is 19.1 Å². The van der Waals surface area contributed by atoms with Gasteiger partial charge in [-0.1, -0.05) is 56.9 Å². The standard InChI is InChI=1S/C19H27ClO/c1-2-3-4-5-15-6-8-16(9-7-15)17-10-12-18(13-11-17)19(21)14-20/h10-13,15-16H,2-9,14H2,1H3. The van der Waals surface area contributed by atoms with Crippen LogP contribution < -0.4 is 0 Å². The molecule has 0 amide bonds. The maximum Gasteiger partial charge on any atom is 0.177 e. The number of Topliss-reactive ketones (excluding diaryl/α,β-unsaturated/α-hetero) is 1. The van der Waals surface area contributed by atoms with Crippen LogP contribution in [0.5, 0.6) is 0 Å². The average molecular weight is 307 g/mol. The highest BCUT2D eigenvalue weighted by atomic mass is 35.5. The number of unbranched alkanes of at least 4 members (excludes halogenated alkanes) is 2. The van der Waals surface area contributed by atoms with E-state index in [1.807, 2.05) is 12.1 Å². The molecular formula is C19H27ClO. The summed E-state index contributed by atoms with van der Waals surface area (Å²) in [6.45, 7) is 2.27. The largest absolute Gasteiger partial charge is 0.293 e. The molecule has 1 aliphatic carbocycles. The summed E-state index contributed by atoms with van der Waals surface area (Å²) in [5.74, 6) is 1.72. The van der Waals surface area contributed by atoms with E-state index >= 15 is 0 Å². The Hall–Kier alpha value is -0.820. The van der Waals surface area contributed by atoms with Crippen LogP contribution in [0.1, 0.15) is 80.1 Å². The monoisotopic (exact) mass is 306 g/mol. The molecule has 0 atom stereocenters. The predicted molar refractivity (Wildman–Crippen MR) is 90.3 cm³/mol. The van der Waals surface area contributed by atoms with Crippen LogP contribution in [0.3, 0.4) is 0 Å². The fourth-order valence-corrected chi connectivity index (χ4v) is 3.64. The smallest absolute Gasteiger partial charge is 0.177 e. The molecule has 0 bridgehead atoms. The van der Waals surface area contributed by atoms with Gasteiger partial charge in [0.1, 0.15) is 0 Å². The van der Waals surface area contributed by atoms with E-state index < -0.39 is 0 Å². The van der Waals surface area contributed by atoms with E-state index in [1.54, 1.807) is 0 Å². The van der Waals surface area contributed by atoms with Crippen LogP contribution in [-0.2, 0) is 0 Å². The molecule has 1 aliphatic rings. The summed E-state index contributed by atoms with van der Waals surface area (Å²) in [5, 5.41) is 0. The third kappa shape index (κ3) is 4.85. The number of hydrogen-bond donors (Lipinski definition) is 0. The van der Waals surface area contributed by atoms with Crippen LogP contribution in [0.4, 0.5) is 0 Å². The summed E-state index contributed by atoms with van der Waals surface area (Å²) < 4.78 is 0. The van der Waals surface area contributed by atoms with Gasteiger partial charge >= 0.3 is 0 Å². The van der Waals surface area contributed by atoms with Gasteiger partial charge in [0.15, 0.2) is 5.78 Å². The number of carbonyl (C=O) groups excluding carboxylic acids is 1. The minimum atomic E-state index is 0.0165. The van der Waals surface area contributed by atoms with Crippen LogP contribution in [0, 0.1) is 5.92 Å². The summed E-state index contributed by atoms with van der Waals surface area (Å²) >= 11 is 5.59.